The van der Waals surface area contributed by atoms with Crippen molar-refractivity contribution in [3.05, 3.63) is 29.8 Å². The molecule has 1 atom stereocenters. The Kier molecular flexibility index (Phi) is 4.28. The lowest BCUT2D eigenvalue weighted by molar-refractivity contribution is 0.313. The average Bonchev–Trinajstić information content (AvgIpc) is 2.86. The second kappa shape index (κ2) is 5.75. The summed E-state index contributed by atoms with van der Waals surface area (Å²) in [4.78, 5) is 2.55. The second-order valence-corrected chi connectivity index (χ2v) is 5.58. The molecule has 1 aliphatic rings. The van der Waals surface area contributed by atoms with Crippen LogP contribution < -0.4 is 10.2 Å². The van der Waals surface area contributed by atoms with E-state index in [4.69, 9.17) is 0 Å². The molecule has 1 heterocycles. The monoisotopic (exact) mass is 246 g/mol. The van der Waals surface area contributed by atoms with Crippen molar-refractivity contribution in [1.82, 2.24) is 5.32 Å². The predicted molar refractivity (Wildman–Crippen MR) is 79.3 cm³/mol. The summed E-state index contributed by atoms with van der Waals surface area (Å²) in [6.07, 6.45) is 2.58. The van der Waals surface area contributed by atoms with Gasteiger partial charge in [-0.3, -0.25) is 0 Å². The van der Waals surface area contributed by atoms with Crippen molar-refractivity contribution in [2.75, 3.05) is 31.1 Å². The lowest BCUT2D eigenvalue weighted by atomic mass is 9.83. The molecule has 0 amide bonds. The van der Waals surface area contributed by atoms with Crippen LogP contribution in [0.1, 0.15) is 32.3 Å². The van der Waals surface area contributed by atoms with Gasteiger partial charge in [0, 0.05) is 30.7 Å². The Morgan fingerprint density at radius 3 is 2.61 bits per heavy atom. The molecular formula is C16H26N2. The summed E-state index contributed by atoms with van der Waals surface area (Å²) in [5.74, 6) is 0. The quantitative estimate of drug-likeness (QED) is 0.858. The Labute approximate surface area is 111 Å². The van der Waals surface area contributed by atoms with Gasteiger partial charge in [-0.25, -0.2) is 0 Å². The first-order valence-corrected chi connectivity index (χ1v) is 7.22. The van der Waals surface area contributed by atoms with E-state index in [-0.39, 0.29) is 0 Å². The first-order valence-electron chi connectivity index (χ1n) is 7.22. The minimum absolute atomic E-state index is 0.471. The molecule has 2 rings (SSSR count). The molecule has 2 heteroatoms. The first kappa shape index (κ1) is 13.4. The standard InChI is InChI=1S/C16H26N2/c1-4-16(10-11-17-12-16)13-18(5-2)15-9-7-6-8-14(15)3/h6-9,17H,4-5,10-13H2,1-3H3. The van der Waals surface area contributed by atoms with Gasteiger partial charge in [0.05, 0.1) is 0 Å². The van der Waals surface area contributed by atoms with Crippen LogP contribution in [0.5, 0.6) is 0 Å². The highest BCUT2D eigenvalue weighted by molar-refractivity contribution is 5.53. The van der Waals surface area contributed by atoms with Crippen molar-refractivity contribution < 1.29 is 0 Å². The van der Waals surface area contributed by atoms with Crippen LogP contribution in [0.25, 0.3) is 0 Å². The summed E-state index contributed by atoms with van der Waals surface area (Å²) in [6.45, 7) is 11.4. The third-order valence-electron chi connectivity index (χ3n) is 4.45. The summed E-state index contributed by atoms with van der Waals surface area (Å²) < 4.78 is 0. The van der Waals surface area contributed by atoms with Gasteiger partial charge in [0.15, 0.2) is 0 Å². The van der Waals surface area contributed by atoms with Gasteiger partial charge in [0.25, 0.3) is 0 Å². The first-order chi connectivity index (χ1) is 8.71. The fourth-order valence-electron chi connectivity index (χ4n) is 3.03. The number of aryl methyl sites for hydroxylation is 1. The third-order valence-corrected chi connectivity index (χ3v) is 4.45. The van der Waals surface area contributed by atoms with E-state index in [0.29, 0.717) is 5.41 Å². The van der Waals surface area contributed by atoms with Crippen LogP contribution in [0.2, 0.25) is 0 Å². The molecule has 1 aliphatic heterocycles. The van der Waals surface area contributed by atoms with E-state index in [9.17, 15) is 0 Å². The fraction of sp³-hybridized carbons (Fsp3) is 0.625. The van der Waals surface area contributed by atoms with Gasteiger partial charge in [0.1, 0.15) is 0 Å². The number of hydrogen-bond acceptors (Lipinski definition) is 2. The molecular weight excluding hydrogens is 220 g/mol. The van der Waals surface area contributed by atoms with E-state index in [0.717, 1.165) is 6.54 Å². The van der Waals surface area contributed by atoms with Crippen LogP contribution in [0.4, 0.5) is 5.69 Å². The normalized spacial score (nSPS) is 23.3. The fourth-order valence-corrected chi connectivity index (χ4v) is 3.03. The lowest BCUT2D eigenvalue weighted by Gasteiger charge is -2.35. The van der Waals surface area contributed by atoms with Gasteiger partial charge in [-0.2, -0.15) is 0 Å². The van der Waals surface area contributed by atoms with Gasteiger partial charge in [0.2, 0.25) is 0 Å². The zero-order valence-corrected chi connectivity index (χ0v) is 12.0. The lowest BCUT2D eigenvalue weighted by Crippen LogP contribution is -2.39. The maximum atomic E-state index is 3.53. The van der Waals surface area contributed by atoms with Gasteiger partial charge in [-0.05, 0) is 44.9 Å². The van der Waals surface area contributed by atoms with E-state index in [1.54, 1.807) is 0 Å². The molecule has 0 saturated carbocycles. The van der Waals surface area contributed by atoms with E-state index in [2.05, 4.69) is 55.3 Å². The Morgan fingerprint density at radius 2 is 2.06 bits per heavy atom. The van der Waals surface area contributed by atoms with E-state index < -0.39 is 0 Å². The number of nitrogens with zero attached hydrogens (tertiary/aromatic N) is 1. The van der Waals surface area contributed by atoms with E-state index in [1.807, 2.05) is 0 Å². The Bertz CT molecular complexity index is 380. The van der Waals surface area contributed by atoms with Crippen LogP contribution >= 0.6 is 0 Å². The minimum atomic E-state index is 0.471. The minimum Gasteiger partial charge on any atom is -0.371 e. The van der Waals surface area contributed by atoms with Crippen LogP contribution in [0.3, 0.4) is 0 Å². The molecule has 1 unspecified atom stereocenters. The molecule has 2 nitrogen and oxygen atoms in total. The molecule has 1 aromatic rings. The summed E-state index contributed by atoms with van der Waals surface area (Å²) >= 11 is 0. The molecule has 0 spiro atoms. The van der Waals surface area contributed by atoms with Crippen LogP contribution in [-0.2, 0) is 0 Å². The Morgan fingerprint density at radius 1 is 1.28 bits per heavy atom. The van der Waals surface area contributed by atoms with E-state index >= 15 is 0 Å². The van der Waals surface area contributed by atoms with Crippen molar-refractivity contribution in [1.29, 1.82) is 0 Å². The summed E-state index contributed by atoms with van der Waals surface area (Å²) in [6, 6.07) is 8.74. The van der Waals surface area contributed by atoms with Gasteiger partial charge < -0.3 is 10.2 Å². The average molecular weight is 246 g/mol. The predicted octanol–water partition coefficient (Wildman–Crippen LogP) is 3.21. The maximum Gasteiger partial charge on any atom is 0.0396 e. The Hall–Kier alpha value is -1.02. The van der Waals surface area contributed by atoms with Gasteiger partial charge in [-0.15, -0.1) is 0 Å². The van der Waals surface area contributed by atoms with E-state index in [1.165, 1.54) is 43.7 Å². The van der Waals surface area contributed by atoms with Crippen molar-refractivity contribution >= 4 is 5.69 Å². The molecule has 0 aliphatic carbocycles. The van der Waals surface area contributed by atoms with Gasteiger partial charge >= 0.3 is 0 Å². The van der Waals surface area contributed by atoms with Gasteiger partial charge in [-0.1, -0.05) is 25.1 Å². The molecule has 0 aromatic heterocycles. The highest BCUT2D eigenvalue weighted by Crippen LogP contribution is 2.32. The number of benzene rings is 1. The summed E-state index contributed by atoms with van der Waals surface area (Å²) in [5.41, 5.74) is 3.26. The number of rotatable bonds is 5. The molecule has 100 valence electrons. The molecule has 0 bridgehead atoms. The number of hydrogen-bond donors (Lipinski definition) is 1. The van der Waals surface area contributed by atoms with Crippen molar-refractivity contribution in [3.8, 4) is 0 Å². The van der Waals surface area contributed by atoms with Crippen LogP contribution in [-0.4, -0.2) is 26.2 Å². The number of para-hydroxylation sites is 1. The summed E-state index contributed by atoms with van der Waals surface area (Å²) in [7, 11) is 0. The zero-order valence-electron chi connectivity index (χ0n) is 12.0. The maximum absolute atomic E-state index is 3.53. The topological polar surface area (TPSA) is 15.3 Å². The second-order valence-electron chi connectivity index (χ2n) is 5.58. The van der Waals surface area contributed by atoms with Crippen molar-refractivity contribution in [3.63, 3.8) is 0 Å². The SMILES string of the molecule is CCN(CC1(CC)CCNC1)c1ccccc1C. The smallest absolute Gasteiger partial charge is 0.0396 e. The van der Waals surface area contributed by atoms with Crippen LogP contribution in [0, 0.1) is 12.3 Å². The largest absolute Gasteiger partial charge is 0.371 e. The number of anilines is 1. The number of nitrogens with one attached hydrogen (secondary N) is 1. The molecule has 1 fully saturated rings. The molecule has 1 saturated heterocycles. The van der Waals surface area contributed by atoms with Crippen molar-refractivity contribution in [2.45, 2.75) is 33.6 Å². The summed E-state index contributed by atoms with van der Waals surface area (Å²) in [5, 5.41) is 3.53. The highest BCUT2D eigenvalue weighted by atomic mass is 15.1. The molecule has 1 N–H and O–H groups in total. The zero-order chi connectivity index (χ0) is 13.0. The third kappa shape index (κ3) is 2.69. The van der Waals surface area contributed by atoms with Crippen LogP contribution in [0.15, 0.2) is 24.3 Å². The molecule has 1 aromatic carbocycles. The van der Waals surface area contributed by atoms with Crippen molar-refractivity contribution in [2.24, 2.45) is 5.41 Å². The molecule has 18 heavy (non-hydrogen) atoms. The highest BCUT2D eigenvalue weighted by Gasteiger charge is 2.33. The Balaban J connectivity index is 2.17. The molecule has 0 radical (unpaired) electrons.